The van der Waals surface area contributed by atoms with E-state index in [1.807, 2.05) is 26.0 Å². The van der Waals surface area contributed by atoms with Crippen molar-refractivity contribution in [1.29, 1.82) is 0 Å². The molecule has 6 nitrogen and oxygen atoms in total. The zero-order valence-electron chi connectivity index (χ0n) is 11.8. The average Bonchev–Trinajstić information content (AvgIpc) is 2.93. The van der Waals surface area contributed by atoms with Gasteiger partial charge < -0.3 is 20.7 Å². The Morgan fingerprint density at radius 1 is 1.33 bits per heavy atom. The number of benzene rings is 1. The van der Waals surface area contributed by atoms with Crippen LogP contribution in [0.3, 0.4) is 0 Å². The Balaban J connectivity index is 2.13. The van der Waals surface area contributed by atoms with Crippen molar-refractivity contribution in [3.63, 3.8) is 0 Å². The minimum Gasteiger partial charge on any atom is -0.464 e. The maximum atomic E-state index is 12.2. The van der Waals surface area contributed by atoms with E-state index in [1.165, 1.54) is 0 Å². The SMILES string of the molecule is Cc1ccc(C(C)NC(=O)c2cccc(C(N)=NO)c2)o1. The number of amidine groups is 1. The molecule has 1 amide bonds. The van der Waals surface area contributed by atoms with Crippen LogP contribution in [0.25, 0.3) is 0 Å². The highest BCUT2D eigenvalue weighted by atomic mass is 16.4. The highest BCUT2D eigenvalue weighted by Crippen LogP contribution is 2.16. The van der Waals surface area contributed by atoms with Crippen molar-refractivity contribution in [3.05, 3.63) is 59.0 Å². The summed E-state index contributed by atoms with van der Waals surface area (Å²) in [5.74, 6) is 1.18. The number of rotatable bonds is 4. The number of nitrogens with two attached hydrogens (primary N) is 1. The van der Waals surface area contributed by atoms with E-state index >= 15 is 0 Å². The second-order valence-electron chi connectivity index (χ2n) is 4.71. The van der Waals surface area contributed by atoms with Crippen molar-refractivity contribution in [1.82, 2.24) is 5.32 Å². The van der Waals surface area contributed by atoms with E-state index in [-0.39, 0.29) is 17.8 Å². The van der Waals surface area contributed by atoms with Gasteiger partial charge in [-0.3, -0.25) is 4.79 Å². The molecule has 4 N–H and O–H groups in total. The first-order chi connectivity index (χ1) is 10.0. The lowest BCUT2D eigenvalue weighted by atomic mass is 10.1. The highest BCUT2D eigenvalue weighted by molar-refractivity contribution is 6.01. The van der Waals surface area contributed by atoms with Crippen molar-refractivity contribution in [3.8, 4) is 0 Å². The number of aryl methyl sites for hydroxylation is 1. The van der Waals surface area contributed by atoms with Crippen molar-refractivity contribution < 1.29 is 14.4 Å². The van der Waals surface area contributed by atoms with Crippen LogP contribution in [0.15, 0.2) is 46.0 Å². The summed E-state index contributed by atoms with van der Waals surface area (Å²) in [5, 5.41) is 14.4. The van der Waals surface area contributed by atoms with Gasteiger partial charge in [0.2, 0.25) is 0 Å². The molecule has 0 fully saturated rings. The summed E-state index contributed by atoms with van der Waals surface area (Å²) in [6.07, 6.45) is 0. The molecule has 0 aliphatic heterocycles. The van der Waals surface area contributed by atoms with Crippen molar-refractivity contribution in [2.24, 2.45) is 10.9 Å². The molecule has 2 aromatic rings. The molecule has 0 saturated carbocycles. The van der Waals surface area contributed by atoms with E-state index in [0.717, 1.165) is 5.76 Å². The van der Waals surface area contributed by atoms with Crippen LogP contribution in [0.2, 0.25) is 0 Å². The van der Waals surface area contributed by atoms with Gasteiger partial charge in [-0.2, -0.15) is 0 Å². The predicted octanol–water partition coefficient (Wildman–Crippen LogP) is 2.17. The van der Waals surface area contributed by atoms with Crippen LogP contribution in [0, 0.1) is 6.92 Å². The molecule has 6 heteroatoms. The number of nitrogens with zero attached hydrogens (tertiary/aromatic N) is 1. The third kappa shape index (κ3) is 3.42. The summed E-state index contributed by atoms with van der Waals surface area (Å²) in [4.78, 5) is 12.2. The first kappa shape index (κ1) is 14.6. The molecular formula is C15H17N3O3. The first-order valence-electron chi connectivity index (χ1n) is 6.46. The monoisotopic (exact) mass is 287 g/mol. The minimum absolute atomic E-state index is 0.0423. The lowest BCUT2D eigenvalue weighted by molar-refractivity contribution is 0.0935. The summed E-state index contributed by atoms with van der Waals surface area (Å²) in [7, 11) is 0. The number of carbonyl (C=O) groups excluding carboxylic acids is 1. The Bertz CT molecular complexity index is 676. The van der Waals surface area contributed by atoms with Crippen LogP contribution in [0.4, 0.5) is 0 Å². The molecule has 1 atom stereocenters. The van der Waals surface area contributed by atoms with E-state index in [9.17, 15) is 4.79 Å². The molecule has 1 unspecified atom stereocenters. The van der Waals surface area contributed by atoms with Gasteiger partial charge in [-0.15, -0.1) is 0 Å². The van der Waals surface area contributed by atoms with Crippen LogP contribution < -0.4 is 11.1 Å². The Morgan fingerprint density at radius 2 is 2.05 bits per heavy atom. The first-order valence-corrected chi connectivity index (χ1v) is 6.46. The Labute approximate surface area is 122 Å². The van der Waals surface area contributed by atoms with E-state index in [1.54, 1.807) is 24.3 Å². The topological polar surface area (TPSA) is 101 Å². The fourth-order valence-electron chi connectivity index (χ4n) is 1.91. The molecule has 0 bridgehead atoms. The van der Waals surface area contributed by atoms with Crippen LogP contribution in [-0.4, -0.2) is 17.0 Å². The molecule has 2 rings (SSSR count). The number of carbonyl (C=O) groups is 1. The van der Waals surface area contributed by atoms with Crippen LogP contribution in [0.5, 0.6) is 0 Å². The fourth-order valence-corrected chi connectivity index (χ4v) is 1.91. The maximum absolute atomic E-state index is 12.2. The normalized spacial score (nSPS) is 13.0. The molecular weight excluding hydrogens is 270 g/mol. The van der Waals surface area contributed by atoms with Gasteiger partial charge in [0.15, 0.2) is 5.84 Å². The van der Waals surface area contributed by atoms with Gasteiger partial charge in [0.05, 0.1) is 6.04 Å². The van der Waals surface area contributed by atoms with Crippen molar-refractivity contribution in [2.45, 2.75) is 19.9 Å². The molecule has 0 spiro atoms. The molecule has 1 aromatic heterocycles. The third-order valence-electron chi connectivity index (χ3n) is 3.06. The lowest BCUT2D eigenvalue weighted by Gasteiger charge is -2.12. The van der Waals surface area contributed by atoms with Gasteiger partial charge in [0.1, 0.15) is 11.5 Å². The highest BCUT2D eigenvalue weighted by Gasteiger charge is 2.14. The molecule has 0 saturated heterocycles. The zero-order chi connectivity index (χ0) is 15.4. The maximum Gasteiger partial charge on any atom is 0.251 e. The van der Waals surface area contributed by atoms with Crippen molar-refractivity contribution >= 4 is 11.7 Å². The van der Waals surface area contributed by atoms with Crippen LogP contribution >= 0.6 is 0 Å². The molecule has 1 heterocycles. The van der Waals surface area contributed by atoms with Gasteiger partial charge >= 0.3 is 0 Å². The van der Waals surface area contributed by atoms with Gasteiger partial charge in [0, 0.05) is 11.1 Å². The second kappa shape index (κ2) is 6.13. The van der Waals surface area contributed by atoms with E-state index in [4.69, 9.17) is 15.4 Å². The van der Waals surface area contributed by atoms with Crippen LogP contribution in [0.1, 0.15) is 40.4 Å². The molecule has 1 aromatic carbocycles. The summed E-state index contributed by atoms with van der Waals surface area (Å²) < 4.78 is 5.47. The zero-order valence-corrected chi connectivity index (χ0v) is 11.8. The van der Waals surface area contributed by atoms with Crippen LogP contribution in [-0.2, 0) is 0 Å². The number of amides is 1. The fraction of sp³-hybridized carbons (Fsp3) is 0.200. The van der Waals surface area contributed by atoms with E-state index in [0.29, 0.717) is 16.9 Å². The number of furan rings is 1. The Morgan fingerprint density at radius 3 is 2.67 bits per heavy atom. The molecule has 21 heavy (non-hydrogen) atoms. The minimum atomic E-state index is -0.260. The predicted molar refractivity (Wildman–Crippen MR) is 78.3 cm³/mol. The van der Waals surface area contributed by atoms with Gasteiger partial charge in [-0.05, 0) is 38.1 Å². The summed E-state index contributed by atoms with van der Waals surface area (Å²) in [6, 6.07) is 9.96. The average molecular weight is 287 g/mol. The number of oxime groups is 1. The standard InChI is InChI=1S/C15H17N3O3/c1-9-6-7-13(21-9)10(2)17-15(19)12-5-3-4-11(8-12)14(16)18-20/h3-8,10,20H,1-2H3,(H2,16,18)(H,17,19). The third-order valence-corrected chi connectivity index (χ3v) is 3.06. The lowest BCUT2D eigenvalue weighted by Crippen LogP contribution is -2.26. The molecule has 110 valence electrons. The molecule has 0 radical (unpaired) electrons. The van der Waals surface area contributed by atoms with Crippen molar-refractivity contribution in [2.75, 3.05) is 0 Å². The van der Waals surface area contributed by atoms with E-state index < -0.39 is 0 Å². The largest absolute Gasteiger partial charge is 0.464 e. The molecule has 0 aliphatic rings. The smallest absolute Gasteiger partial charge is 0.251 e. The van der Waals surface area contributed by atoms with Gasteiger partial charge in [-0.25, -0.2) is 0 Å². The Kier molecular flexibility index (Phi) is 4.27. The molecule has 0 aliphatic carbocycles. The number of hydrogen-bond donors (Lipinski definition) is 3. The Hall–Kier alpha value is -2.76. The quantitative estimate of drug-likeness (QED) is 0.347. The number of nitrogens with one attached hydrogen (secondary N) is 1. The summed E-state index contributed by atoms with van der Waals surface area (Å²) in [5.41, 5.74) is 6.42. The number of hydrogen-bond acceptors (Lipinski definition) is 4. The van der Waals surface area contributed by atoms with E-state index in [2.05, 4.69) is 10.5 Å². The second-order valence-corrected chi connectivity index (χ2v) is 4.71. The summed E-state index contributed by atoms with van der Waals surface area (Å²) in [6.45, 7) is 3.68. The van der Waals surface area contributed by atoms with Gasteiger partial charge in [-0.1, -0.05) is 17.3 Å². The van der Waals surface area contributed by atoms with Gasteiger partial charge in [0.25, 0.3) is 5.91 Å². The summed E-state index contributed by atoms with van der Waals surface area (Å²) >= 11 is 0.